The number of benzene rings is 1. The minimum atomic E-state index is -0.944. The third kappa shape index (κ3) is 3.13. The van der Waals surface area contributed by atoms with E-state index in [0.717, 1.165) is 24.8 Å². The second-order valence-corrected chi connectivity index (χ2v) is 5.97. The maximum absolute atomic E-state index is 12.7. The Labute approximate surface area is 129 Å². The highest BCUT2D eigenvalue weighted by molar-refractivity contribution is 6.34. The van der Waals surface area contributed by atoms with Crippen LogP contribution in [-0.4, -0.2) is 17.0 Å². The Morgan fingerprint density at radius 1 is 1.38 bits per heavy atom. The summed E-state index contributed by atoms with van der Waals surface area (Å²) in [6, 6.07) is 5.42. The van der Waals surface area contributed by atoms with Crippen molar-refractivity contribution < 1.29 is 10.0 Å². The van der Waals surface area contributed by atoms with Gasteiger partial charge in [0, 0.05) is 0 Å². The van der Waals surface area contributed by atoms with E-state index in [9.17, 15) is 4.79 Å². The number of nitrogens with zero attached hydrogens (tertiary/aromatic N) is 1. The van der Waals surface area contributed by atoms with Crippen LogP contribution in [-0.2, 0) is 4.79 Å². The number of nitrogens with two attached hydrogens (primary N) is 1. The van der Waals surface area contributed by atoms with Gasteiger partial charge in [-0.25, -0.2) is 0 Å². The van der Waals surface area contributed by atoms with Crippen molar-refractivity contribution in [3.05, 3.63) is 28.8 Å². The van der Waals surface area contributed by atoms with Gasteiger partial charge >= 0.3 is 0 Å². The number of hydrogen-bond donors (Lipinski definition) is 3. The molecule has 4 N–H and O–H groups in total. The van der Waals surface area contributed by atoms with Crippen molar-refractivity contribution >= 4 is 29.0 Å². The van der Waals surface area contributed by atoms with Gasteiger partial charge in [0.15, 0.2) is 5.84 Å². The van der Waals surface area contributed by atoms with Crippen molar-refractivity contribution in [3.8, 4) is 0 Å². The molecule has 21 heavy (non-hydrogen) atoms. The lowest BCUT2D eigenvalue weighted by Crippen LogP contribution is -2.48. The van der Waals surface area contributed by atoms with Crippen LogP contribution in [0.15, 0.2) is 23.4 Å². The number of oxime groups is 1. The summed E-state index contributed by atoms with van der Waals surface area (Å²) in [5.41, 5.74) is 6.42. The number of anilines is 1. The fraction of sp³-hybridized carbons (Fsp3) is 0.467. The Hall–Kier alpha value is -1.75. The van der Waals surface area contributed by atoms with E-state index in [4.69, 9.17) is 22.5 Å². The summed E-state index contributed by atoms with van der Waals surface area (Å²) in [5, 5.41) is 15.4. The molecule has 0 atom stereocenters. The highest BCUT2D eigenvalue weighted by Crippen LogP contribution is 2.38. The number of halogens is 1. The second kappa shape index (κ2) is 6.35. The first-order valence-corrected chi connectivity index (χ1v) is 7.43. The Bertz CT molecular complexity index is 566. The van der Waals surface area contributed by atoms with Gasteiger partial charge < -0.3 is 16.3 Å². The monoisotopic (exact) mass is 309 g/mol. The molecular weight excluding hydrogens is 290 g/mol. The minimum absolute atomic E-state index is 0.0246. The number of hydrogen-bond acceptors (Lipinski definition) is 3. The van der Waals surface area contributed by atoms with Crippen LogP contribution in [0.5, 0.6) is 0 Å². The predicted molar refractivity (Wildman–Crippen MR) is 83.7 cm³/mol. The van der Waals surface area contributed by atoms with Crippen molar-refractivity contribution in [1.82, 2.24) is 0 Å². The molecule has 1 aliphatic carbocycles. The van der Waals surface area contributed by atoms with Crippen LogP contribution in [0.25, 0.3) is 0 Å². The molecule has 0 spiro atoms. The molecule has 0 bridgehead atoms. The van der Waals surface area contributed by atoms with E-state index in [1.165, 1.54) is 0 Å². The molecule has 1 aliphatic rings. The van der Waals surface area contributed by atoms with E-state index in [-0.39, 0.29) is 11.7 Å². The standard InChI is InChI=1S/C15H20ClN3O2/c1-10-5-6-11(16)12(9-10)18-14(20)15(13(17)19-21)7-3-2-4-8-15/h5-6,9,21H,2-4,7-8H2,1H3,(H2,17,19)(H,18,20). The van der Waals surface area contributed by atoms with Gasteiger partial charge in [0.1, 0.15) is 5.41 Å². The third-order valence-electron chi connectivity index (χ3n) is 4.11. The number of aryl methyl sites for hydroxylation is 1. The zero-order valence-corrected chi connectivity index (χ0v) is 12.8. The lowest BCUT2D eigenvalue weighted by molar-refractivity contribution is -0.123. The summed E-state index contributed by atoms with van der Waals surface area (Å²) in [6.07, 6.45) is 3.98. The normalized spacial score (nSPS) is 18.3. The molecule has 5 nitrogen and oxygen atoms in total. The van der Waals surface area contributed by atoms with Gasteiger partial charge in [-0.3, -0.25) is 4.79 Å². The van der Waals surface area contributed by atoms with Crippen molar-refractivity contribution in [1.29, 1.82) is 0 Å². The van der Waals surface area contributed by atoms with E-state index in [2.05, 4.69) is 10.5 Å². The van der Waals surface area contributed by atoms with Crippen LogP contribution < -0.4 is 11.1 Å². The number of amidine groups is 1. The van der Waals surface area contributed by atoms with Crippen molar-refractivity contribution in [2.45, 2.75) is 39.0 Å². The lowest BCUT2D eigenvalue weighted by atomic mass is 9.72. The van der Waals surface area contributed by atoms with Crippen LogP contribution in [0, 0.1) is 12.3 Å². The van der Waals surface area contributed by atoms with E-state index in [0.29, 0.717) is 23.6 Å². The van der Waals surface area contributed by atoms with Crippen LogP contribution >= 0.6 is 11.6 Å². The fourth-order valence-electron chi connectivity index (χ4n) is 2.83. The van der Waals surface area contributed by atoms with E-state index < -0.39 is 5.41 Å². The Balaban J connectivity index is 2.29. The van der Waals surface area contributed by atoms with Gasteiger partial charge in [-0.2, -0.15) is 0 Å². The van der Waals surface area contributed by atoms with Crippen LogP contribution in [0.3, 0.4) is 0 Å². The Morgan fingerprint density at radius 2 is 2.05 bits per heavy atom. The molecule has 1 fully saturated rings. The van der Waals surface area contributed by atoms with E-state index >= 15 is 0 Å². The number of rotatable bonds is 3. The van der Waals surface area contributed by atoms with Gasteiger partial charge in [-0.05, 0) is 37.5 Å². The number of amides is 1. The van der Waals surface area contributed by atoms with E-state index in [1.807, 2.05) is 19.1 Å². The molecule has 0 saturated heterocycles. The maximum atomic E-state index is 12.7. The molecule has 1 amide bonds. The molecule has 1 aromatic rings. The van der Waals surface area contributed by atoms with Gasteiger partial charge in [-0.15, -0.1) is 0 Å². The predicted octanol–water partition coefficient (Wildman–Crippen LogP) is 3.28. The SMILES string of the molecule is Cc1ccc(Cl)c(NC(=O)C2(/C(N)=N/O)CCCCC2)c1. The highest BCUT2D eigenvalue weighted by Gasteiger charge is 2.44. The first kappa shape index (κ1) is 15.6. The average molecular weight is 310 g/mol. The third-order valence-corrected chi connectivity index (χ3v) is 4.44. The van der Waals surface area contributed by atoms with Crippen molar-refractivity contribution in [2.24, 2.45) is 16.3 Å². The first-order valence-electron chi connectivity index (χ1n) is 7.05. The average Bonchev–Trinajstić information content (AvgIpc) is 2.50. The zero-order valence-electron chi connectivity index (χ0n) is 12.0. The summed E-state index contributed by atoms with van der Waals surface area (Å²) in [6.45, 7) is 1.92. The van der Waals surface area contributed by atoms with Crippen LogP contribution in [0.4, 0.5) is 5.69 Å². The molecule has 1 aromatic carbocycles. The fourth-order valence-corrected chi connectivity index (χ4v) is 2.99. The van der Waals surface area contributed by atoms with Gasteiger partial charge in [0.2, 0.25) is 5.91 Å². The second-order valence-electron chi connectivity index (χ2n) is 5.57. The van der Waals surface area contributed by atoms with E-state index in [1.54, 1.807) is 6.07 Å². The lowest BCUT2D eigenvalue weighted by Gasteiger charge is -2.34. The van der Waals surface area contributed by atoms with Gasteiger partial charge in [-0.1, -0.05) is 42.1 Å². The maximum Gasteiger partial charge on any atom is 0.238 e. The van der Waals surface area contributed by atoms with Gasteiger partial charge in [0.25, 0.3) is 0 Å². The molecule has 114 valence electrons. The first-order chi connectivity index (χ1) is 9.99. The zero-order chi connectivity index (χ0) is 15.5. The van der Waals surface area contributed by atoms with Crippen molar-refractivity contribution in [2.75, 3.05) is 5.32 Å². The smallest absolute Gasteiger partial charge is 0.238 e. The summed E-state index contributed by atoms with van der Waals surface area (Å²) in [7, 11) is 0. The largest absolute Gasteiger partial charge is 0.409 e. The van der Waals surface area contributed by atoms with Gasteiger partial charge in [0.05, 0.1) is 10.7 Å². The minimum Gasteiger partial charge on any atom is -0.409 e. The molecule has 0 heterocycles. The molecule has 6 heteroatoms. The Kier molecular flexibility index (Phi) is 4.73. The van der Waals surface area contributed by atoms with Crippen molar-refractivity contribution in [3.63, 3.8) is 0 Å². The quantitative estimate of drug-likeness (QED) is 0.346. The number of nitrogens with one attached hydrogen (secondary N) is 1. The summed E-state index contributed by atoms with van der Waals surface area (Å²) < 4.78 is 0. The molecule has 2 rings (SSSR count). The summed E-state index contributed by atoms with van der Waals surface area (Å²) in [4.78, 5) is 12.7. The topological polar surface area (TPSA) is 87.7 Å². The highest BCUT2D eigenvalue weighted by atomic mass is 35.5. The number of carbonyl (C=O) groups excluding carboxylic acids is 1. The van der Waals surface area contributed by atoms with Crippen LogP contribution in [0.2, 0.25) is 5.02 Å². The summed E-state index contributed by atoms with van der Waals surface area (Å²) >= 11 is 6.11. The molecule has 0 unspecified atom stereocenters. The Morgan fingerprint density at radius 3 is 2.67 bits per heavy atom. The molecule has 0 aliphatic heterocycles. The number of carbonyl (C=O) groups is 1. The molecule has 1 saturated carbocycles. The molecule has 0 aromatic heterocycles. The molecule has 0 radical (unpaired) electrons. The summed E-state index contributed by atoms with van der Waals surface area (Å²) in [5.74, 6) is -0.284. The van der Waals surface area contributed by atoms with Crippen LogP contribution in [0.1, 0.15) is 37.7 Å². The molecular formula is C15H20ClN3O2.